The molecule has 0 aliphatic heterocycles. The van der Waals surface area contributed by atoms with Crippen LogP contribution in [0.4, 0.5) is 0 Å². The van der Waals surface area contributed by atoms with Crippen LogP contribution >= 0.6 is 0 Å². The van der Waals surface area contributed by atoms with Crippen LogP contribution in [0.3, 0.4) is 0 Å². The van der Waals surface area contributed by atoms with Gasteiger partial charge in [-0.05, 0) is 38.0 Å². The lowest BCUT2D eigenvalue weighted by Gasteiger charge is -2.35. The quantitative estimate of drug-likeness (QED) is 0.675. The number of hydrogen-bond donors (Lipinski definition) is 3. The van der Waals surface area contributed by atoms with Crippen LogP contribution in [0.2, 0.25) is 0 Å². The molecule has 1 amide bonds. The van der Waals surface area contributed by atoms with Gasteiger partial charge in [0.15, 0.2) is 0 Å². The summed E-state index contributed by atoms with van der Waals surface area (Å²) >= 11 is 0. The second kappa shape index (κ2) is 7.10. The fourth-order valence-corrected chi connectivity index (χ4v) is 2.52. The molecular weight excluding hydrogens is 228 g/mol. The predicted molar refractivity (Wildman–Crippen MR) is 73.1 cm³/mol. The van der Waals surface area contributed by atoms with E-state index < -0.39 is 5.60 Å². The largest absolute Gasteiger partial charge is 0.388 e. The van der Waals surface area contributed by atoms with Crippen molar-refractivity contribution in [2.45, 2.75) is 70.4 Å². The van der Waals surface area contributed by atoms with Gasteiger partial charge in [-0.15, -0.1) is 0 Å². The summed E-state index contributed by atoms with van der Waals surface area (Å²) in [6.45, 7) is 4.54. The van der Waals surface area contributed by atoms with Crippen LogP contribution in [0, 0.1) is 5.92 Å². The molecule has 4 heteroatoms. The number of rotatable bonds is 6. The Balaban J connectivity index is 2.28. The maximum absolute atomic E-state index is 11.6. The SMILES string of the molecule is CCC(N)CC(=O)NCC1(O)CCC(CC)CC1. The molecule has 0 bridgehead atoms. The molecule has 0 aromatic carbocycles. The smallest absolute Gasteiger partial charge is 0.221 e. The molecule has 18 heavy (non-hydrogen) atoms. The third kappa shape index (κ3) is 4.94. The zero-order valence-electron chi connectivity index (χ0n) is 11.7. The molecule has 0 aromatic heterocycles. The number of carbonyl (C=O) groups excluding carboxylic acids is 1. The highest BCUT2D eigenvalue weighted by atomic mass is 16.3. The van der Waals surface area contributed by atoms with Crippen LogP contribution in [0.1, 0.15) is 58.8 Å². The van der Waals surface area contributed by atoms with Gasteiger partial charge < -0.3 is 16.2 Å². The van der Waals surface area contributed by atoms with Crippen LogP contribution in [-0.2, 0) is 4.79 Å². The maximum Gasteiger partial charge on any atom is 0.221 e. The second-order valence-electron chi connectivity index (χ2n) is 5.73. The van der Waals surface area contributed by atoms with Gasteiger partial charge in [0.1, 0.15) is 0 Å². The molecule has 0 spiro atoms. The van der Waals surface area contributed by atoms with Gasteiger partial charge in [-0.3, -0.25) is 4.79 Å². The molecule has 0 aromatic rings. The monoisotopic (exact) mass is 256 g/mol. The summed E-state index contributed by atoms with van der Waals surface area (Å²) < 4.78 is 0. The molecule has 1 saturated carbocycles. The average Bonchev–Trinajstić information content (AvgIpc) is 2.37. The van der Waals surface area contributed by atoms with Gasteiger partial charge >= 0.3 is 0 Å². The average molecular weight is 256 g/mol. The number of nitrogens with one attached hydrogen (secondary N) is 1. The number of amides is 1. The summed E-state index contributed by atoms with van der Waals surface area (Å²) in [7, 11) is 0. The Morgan fingerprint density at radius 3 is 2.56 bits per heavy atom. The first-order valence-corrected chi connectivity index (χ1v) is 7.23. The molecule has 4 N–H and O–H groups in total. The number of aliphatic hydroxyl groups is 1. The number of nitrogens with two attached hydrogens (primary N) is 1. The van der Waals surface area contributed by atoms with E-state index in [-0.39, 0.29) is 11.9 Å². The fraction of sp³-hybridized carbons (Fsp3) is 0.929. The summed E-state index contributed by atoms with van der Waals surface area (Å²) in [6, 6.07) is -0.0736. The summed E-state index contributed by atoms with van der Waals surface area (Å²) in [5, 5.41) is 13.2. The van der Waals surface area contributed by atoms with Crippen molar-refractivity contribution in [1.82, 2.24) is 5.32 Å². The molecule has 1 rings (SSSR count). The minimum atomic E-state index is -0.697. The molecule has 1 aliphatic rings. The van der Waals surface area contributed by atoms with Gasteiger partial charge in [0.05, 0.1) is 5.60 Å². The zero-order chi connectivity index (χ0) is 13.6. The van der Waals surface area contributed by atoms with Crippen molar-refractivity contribution in [3.8, 4) is 0 Å². The van der Waals surface area contributed by atoms with E-state index in [1.165, 1.54) is 6.42 Å². The van der Waals surface area contributed by atoms with Gasteiger partial charge in [-0.1, -0.05) is 20.3 Å². The Morgan fingerprint density at radius 1 is 1.44 bits per heavy atom. The van der Waals surface area contributed by atoms with E-state index in [4.69, 9.17) is 5.73 Å². The Labute approximate surface area is 110 Å². The summed E-state index contributed by atoms with van der Waals surface area (Å²) in [5.74, 6) is 0.699. The lowest BCUT2D eigenvalue weighted by Crippen LogP contribution is -2.46. The van der Waals surface area contributed by atoms with E-state index in [9.17, 15) is 9.90 Å². The first-order valence-electron chi connectivity index (χ1n) is 7.23. The molecule has 0 saturated heterocycles. The van der Waals surface area contributed by atoms with Gasteiger partial charge in [-0.2, -0.15) is 0 Å². The van der Waals surface area contributed by atoms with Gasteiger partial charge in [0.25, 0.3) is 0 Å². The van der Waals surface area contributed by atoms with Crippen LogP contribution in [-0.4, -0.2) is 29.2 Å². The van der Waals surface area contributed by atoms with Crippen molar-refractivity contribution < 1.29 is 9.90 Å². The van der Waals surface area contributed by atoms with Gasteiger partial charge in [0.2, 0.25) is 5.91 Å². The van der Waals surface area contributed by atoms with Crippen LogP contribution in [0.25, 0.3) is 0 Å². The maximum atomic E-state index is 11.6. The molecule has 4 nitrogen and oxygen atoms in total. The van der Waals surface area contributed by atoms with Crippen molar-refractivity contribution in [3.05, 3.63) is 0 Å². The van der Waals surface area contributed by atoms with E-state index in [0.29, 0.717) is 13.0 Å². The molecule has 0 radical (unpaired) electrons. The normalized spacial score (nSPS) is 29.9. The van der Waals surface area contributed by atoms with Crippen molar-refractivity contribution >= 4 is 5.91 Å². The van der Waals surface area contributed by atoms with Crippen molar-refractivity contribution in [2.75, 3.05) is 6.54 Å². The lowest BCUT2D eigenvalue weighted by molar-refractivity contribution is -0.123. The third-order valence-electron chi connectivity index (χ3n) is 4.20. The van der Waals surface area contributed by atoms with Crippen LogP contribution in [0.15, 0.2) is 0 Å². The molecule has 1 unspecified atom stereocenters. The molecule has 1 fully saturated rings. The van der Waals surface area contributed by atoms with E-state index in [0.717, 1.165) is 38.0 Å². The highest BCUT2D eigenvalue weighted by Crippen LogP contribution is 2.33. The first-order chi connectivity index (χ1) is 8.49. The predicted octanol–water partition coefficient (Wildman–Crippen LogP) is 1.56. The zero-order valence-corrected chi connectivity index (χ0v) is 11.7. The Bertz CT molecular complexity index is 261. The van der Waals surface area contributed by atoms with Crippen molar-refractivity contribution in [3.63, 3.8) is 0 Å². The standard InChI is InChI=1S/C14H28N2O2/c1-3-11-5-7-14(18,8-6-11)10-16-13(17)9-12(15)4-2/h11-12,18H,3-10,15H2,1-2H3,(H,16,17). The number of hydrogen-bond acceptors (Lipinski definition) is 3. The molecule has 0 heterocycles. The van der Waals surface area contributed by atoms with Crippen LogP contribution in [0.5, 0.6) is 0 Å². The first kappa shape index (κ1) is 15.4. The van der Waals surface area contributed by atoms with E-state index >= 15 is 0 Å². The summed E-state index contributed by atoms with van der Waals surface area (Å²) in [4.78, 5) is 11.6. The van der Waals surface area contributed by atoms with E-state index in [1.807, 2.05) is 6.92 Å². The highest BCUT2D eigenvalue weighted by molar-refractivity contribution is 5.76. The fourth-order valence-electron chi connectivity index (χ4n) is 2.52. The van der Waals surface area contributed by atoms with Gasteiger partial charge in [-0.25, -0.2) is 0 Å². The Kier molecular flexibility index (Phi) is 6.09. The summed E-state index contributed by atoms with van der Waals surface area (Å²) in [6.07, 6.45) is 6.07. The Hall–Kier alpha value is -0.610. The summed E-state index contributed by atoms with van der Waals surface area (Å²) in [5.41, 5.74) is 5.03. The highest BCUT2D eigenvalue weighted by Gasteiger charge is 2.32. The number of carbonyl (C=O) groups is 1. The van der Waals surface area contributed by atoms with Crippen molar-refractivity contribution in [1.29, 1.82) is 0 Å². The molecule has 106 valence electrons. The minimum absolute atomic E-state index is 0.0459. The topological polar surface area (TPSA) is 75.4 Å². The van der Waals surface area contributed by atoms with Crippen LogP contribution < -0.4 is 11.1 Å². The third-order valence-corrected chi connectivity index (χ3v) is 4.20. The molecular formula is C14H28N2O2. The Morgan fingerprint density at radius 2 is 2.06 bits per heavy atom. The lowest BCUT2D eigenvalue weighted by atomic mass is 9.78. The molecule has 1 aliphatic carbocycles. The molecule has 1 atom stereocenters. The van der Waals surface area contributed by atoms with E-state index in [1.54, 1.807) is 0 Å². The van der Waals surface area contributed by atoms with E-state index in [2.05, 4.69) is 12.2 Å². The van der Waals surface area contributed by atoms with Crippen molar-refractivity contribution in [2.24, 2.45) is 11.7 Å². The second-order valence-corrected chi connectivity index (χ2v) is 5.73. The van der Waals surface area contributed by atoms with Gasteiger partial charge in [0, 0.05) is 19.0 Å². The minimum Gasteiger partial charge on any atom is -0.388 e.